The Bertz CT molecular complexity index is 583. The molecule has 0 saturated carbocycles. The molecule has 2 fully saturated rings. The van der Waals surface area contributed by atoms with Crippen LogP contribution < -0.4 is 10.6 Å². The molecule has 1 aromatic rings. The van der Waals surface area contributed by atoms with Crippen LogP contribution in [-0.2, 0) is 9.53 Å². The number of ether oxygens (including phenoxy) is 1. The summed E-state index contributed by atoms with van der Waals surface area (Å²) in [5, 5.41) is 5.66. The summed E-state index contributed by atoms with van der Waals surface area (Å²) < 4.78 is 5.07. The van der Waals surface area contributed by atoms with E-state index in [1.54, 1.807) is 4.90 Å². The van der Waals surface area contributed by atoms with Gasteiger partial charge in [-0.3, -0.25) is 4.79 Å². The van der Waals surface area contributed by atoms with Crippen molar-refractivity contribution < 1.29 is 14.3 Å². The van der Waals surface area contributed by atoms with E-state index in [1.165, 1.54) is 17.2 Å². The number of nitrogens with one attached hydrogen (secondary N) is 2. The van der Waals surface area contributed by atoms with Crippen LogP contribution >= 0.6 is 0 Å². The first-order valence-corrected chi connectivity index (χ1v) is 8.20. The maximum absolute atomic E-state index is 11.1. The molecule has 2 aliphatic heterocycles. The van der Waals surface area contributed by atoms with E-state index in [1.807, 2.05) is 6.07 Å². The quantitative estimate of drug-likeness (QED) is 0.812. The third-order valence-electron chi connectivity index (χ3n) is 3.97. The van der Waals surface area contributed by atoms with Crippen molar-refractivity contribution in [3.63, 3.8) is 0 Å². The van der Waals surface area contributed by atoms with E-state index in [2.05, 4.69) is 42.3 Å². The second kappa shape index (κ2) is 9.08. The highest BCUT2D eigenvalue weighted by atomic mass is 16.5. The van der Waals surface area contributed by atoms with Gasteiger partial charge in [-0.25, -0.2) is 4.79 Å². The fourth-order valence-electron chi connectivity index (χ4n) is 2.66. The number of rotatable bonds is 2. The fourth-order valence-corrected chi connectivity index (χ4v) is 2.66. The number of hydrogen-bond acceptors (Lipinski definition) is 3. The van der Waals surface area contributed by atoms with Crippen molar-refractivity contribution >= 4 is 11.9 Å². The highest BCUT2D eigenvalue weighted by molar-refractivity contribution is 5.87. The predicted molar refractivity (Wildman–Crippen MR) is 92.7 cm³/mol. The van der Waals surface area contributed by atoms with Crippen molar-refractivity contribution in [1.82, 2.24) is 15.5 Å². The van der Waals surface area contributed by atoms with E-state index >= 15 is 0 Å². The maximum Gasteiger partial charge on any atom is 0.315 e. The lowest BCUT2D eigenvalue weighted by atomic mass is 10.0. The minimum atomic E-state index is -0.0669. The third kappa shape index (κ3) is 5.38. The molecule has 0 spiro atoms. The van der Waals surface area contributed by atoms with Gasteiger partial charge in [-0.2, -0.15) is 0 Å². The summed E-state index contributed by atoms with van der Waals surface area (Å²) in [5.74, 6) is 0.00306. The van der Waals surface area contributed by atoms with Crippen molar-refractivity contribution in [3.8, 4) is 0 Å². The van der Waals surface area contributed by atoms with Gasteiger partial charge in [0.05, 0.1) is 19.3 Å². The van der Waals surface area contributed by atoms with Gasteiger partial charge in [0.25, 0.3) is 0 Å². The standard InChI is InChI=1S/C11H14N2O.C7H11NO2/c1-8-3-2-4-9(7-8)10-5-6-12-11(14)13-10;1-2-7(9)8-3-5-10-6-4-8/h2-4,7,10H,5-6H2,1H3,(H2,12,13,14);2H,1,3-6H2. The molecule has 2 aliphatic rings. The molecule has 6 nitrogen and oxygen atoms in total. The first kappa shape index (κ1) is 18.0. The Morgan fingerprint density at radius 3 is 2.75 bits per heavy atom. The molecule has 1 unspecified atom stereocenters. The van der Waals surface area contributed by atoms with Crippen LogP contribution in [0.2, 0.25) is 0 Å². The molecular weight excluding hydrogens is 306 g/mol. The van der Waals surface area contributed by atoms with Gasteiger partial charge in [0.2, 0.25) is 5.91 Å². The first-order chi connectivity index (χ1) is 11.6. The van der Waals surface area contributed by atoms with Gasteiger partial charge in [-0.1, -0.05) is 36.4 Å². The smallest absolute Gasteiger partial charge is 0.315 e. The van der Waals surface area contributed by atoms with Crippen LogP contribution in [0.25, 0.3) is 0 Å². The molecule has 3 rings (SSSR count). The zero-order valence-electron chi connectivity index (χ0n) is 14.1. The average molecular weight is 331 g/mol. The Labute approximate surface area is 142 Å². The largest absolute Gasteiger partial charge is 0.378 e. The van der Waals surface area contributed by atoms with Gasteiger partial charge in [0, 0.05) is 19.6 Å². The summed E-state index contributed by atoms with van der Waals surface area (Å²) in [5.41, 5.74) is 2.43. The SMILES string of the molecule is C=CC(=O)N1CCOCC1.Cc1cccc(C2CCNC(=O)N2)c1. The number of amides is 3. The van der Waals surface area contributed by atoms with Crippen LogP contribution in [0.1, 0.15) is 23.6 Å². The molecule has 2 saturated heterocycles. The number of nitrogens with zero attached hydrogens (tertiary/aromatic N) is 1. The Morgan fingerprint density at radius 2 is 2.12 bits per heavy atom. The minimum absolute atomic E-state index is 0.00306. The van der Waals surface area contributed by atoms with E-state index in [0.29, 0.717) is 26.3 Å². The van der Waals surface area contributed by atoms with Crippen molar-refractivity contribution in [1.29, 1.82) is 0 Å². The molecule has 0 radical (unpaired) electrons. The van der Waals surface area contributed by atoms with E-state index in [-0.39, 0.29) is 18.0 Å². The molecule has 1 aromatic carbocycles. The highest BCUT2D eigenvalue weighted by Crippen LogP contribution is 2.19. The van der Waals surface area contributed by atoms with Crippen LogP contribution in [0.4, 0.5) is 4.79 Å². The molecular formula is C18H25N3O3. The third-order valence-corrected chi connectivity index (χ3v) is 3.97. The maximum atomic E-state index is 11.1. The van der Waals surface area contributed by atoms with Crippen molar-refractivity contribution in [3.05, 3.63) is 48.0 Å². The normalized spacial score (nSPS) is 20.1. The van der Waals surface area contributed by atoms with Crippen molar-refractivity contribution in [2.75, 3.05) is 32.8 Å². The lowest BCUT2D eigenvalue weighted by Gasteiger charge is -2.25. The van der Waals surface area contributed by atoms with E-state index in [0.717, 1.165) is 13.0 Å². The second-order valence-electron chi connectivity index (χ2n) is 5.80. The average Bonchev–Trinajstić information content (AvgIpc) is 2.62. The number of morpholine rings is 1. The summed E-state index contributed by atoms with van der Waals surface area (Å²) in [4.78, 5) is 23.8. The van der Waals surface area contributed by atoms with Crippen molar-refractivity contribution in [2.45, 2.75) is 19.4 Å². The Kier molecular flexibility index (Phi) is 6.81. The molecule has 24 heavy (non-hydrogen) atoms. The zero-order valence-corrected chi connectivity index (χ0v) is 14.1. The second-order valence-corrected chi connectivity index (χ2v) is 5.80. The van der Waals surface area contributed by atoms with Gasteiger partial charge < -0.3 is 20.3 Å². The van der Waals surface area contributed by atoms with Crippen LogP contribution in [0.3, 0.4) is 0 Å². The number of aryl methyl sites for hydroxylation is 1. The van der Waals surface area contributed by atoms with E-state index in [4.69, 9.17) is 4.74 Å². The highest BCUT2D eigenvalue weighted by Gasteiger charge is 2.18. The molecule has 0 aliphatic carbocycles. The molecule has 2 N–H and O–H groups in total. The number of hydrogen-bond donors (Lipinski definition) is 2. The molecule has 0 aromatic heterocycles. The molecule has 130 valence electrons. The van der Waals surface area contributed by atoms with Crippen LogP contribution in [0, 0.1) is 6.92 Å². The van der Waals surface area contributed by atoms with Gasteiger partial charge in [-0.15, -0.1) is 0 Å². The van der Waals surface area contributed by atoms with Crippen LogP contribution in [0.15, 0.2) is 36.9 Å². The Hall–Kier alpha value is -2.34. The molecule has 6 heteroatoms. The zero-order chi connectivity index (χ0) is 17.4. The fraction of sp³-hybridized carbons (Fsp3) is 0.444. The minimum Gasteiger partial charge on any atom is -0.378 e. The number of carbonyl (C=O) groups is 2. The van der Waals surface area contributed by atoms with Crippen LogP contribution in [0.5, 0.6) is 0 Å². The monoisotopic (exact) mass is 331 g/mol. The summed E-state index contributed by atoms with van der Waals surface area (Å²) in [6.07, 6.45) is 2.29. The summed E-state index contributed by atoms with van der Waals surface area (Å²) >= 11 is 0. The van der Waals surface area contributed by atoms with E-state index in [9.17, 15) is 9.59 Å². The number of benzene rings is 1. The van der Waals surface area contributed by atoms with Crippen molar-refractivity contribution in [2.24, 2.45) is 0 Å². The van der Waals surface area contributed by atoms with E-state index < -0.39 is 0 Å². The summed E-state index contributed by atoms with van der Waals surface area (Å²) in [6, 6.07) is 8.37. The lowest BCUT2D eigenvalue weighted by molar-refractivity contribution is -0.129. The molecule has 0 bridgehead atoms. The van der Waals surface area contributed by atoms with Gasteiger partial charge in [0.15, 0.2) is 0 Å². The van der Waals surface area contributed by atoms with Gasteiger partial charge >= 0.3 is 6.03 Å². The van der Waals surface area contributed by atoms with Crippen LogP contribution in [-0.4, -0.2) is 49.7 Å². The number of urea groups is 1. The Balaban J connectivity index is 0.000000185. The lowest BCUT2D eigenvalue weighted by Crippen LogP contribution is -2.44. The molecule has 1 atom stereocenters. The first-order valence-electron chi connectivity index (χ1n) is 8.20. The van der Waals surface area contributed by atoms with Gasteiger partial charge in [0.1, 0.15) is 0 Å². The Morgan fingerprint density at radius 1 is 1.38 bits per heavy atom. The summed E-state index contributed by atoms with van der Waals surface area (Å²) in [7, 11) is 0. The summed E-state index contributed by atoms with van der Waals surface area (Å²) in [6.45, 7) is 8.92. The molecule has 3 amide bonds. The number of carbonyl (C=O) groups excluding carboxylic acids is 2. The van der Waals surface area contributed by atoms with Gasteiger partial charge in [-0.05, 0) is 25.0 Å². The predicted octanol–water partition coefficient (Wildman–Crippen LogP) is 1.77. The topological polar surface area (TPSA) is 70.7 Å². The molecule has 2 heterocycles.